The fourth-order valence-electron chi connectivity index (χ4n) is 2.84. The first kappa shape index (κ1) is 14.1. The normalized spacial score (nSPS) is 18.1. The molecule has 1 saturated carbocycles. The van der Waals surface area contributed by atoms with E-state index in [0.717, 1.165) is 31.5 Å². The maximum absolute atomic E-state index is 12.6. The van der Waals surface area contributed by atoms with Crippen LogP contribution in [0.15, 0.2) is 24.3 Å². The van der Waals surface area contributed by atoms with Crippen molar-refractivity contribution in [1.29, 1.82) is 0 Å². The van der Waals surface area contributed by atoms with Crippen LogP contribution in [-0.2, 0) is 4.79 Å². The van der Waals surface area contributed by atoms with E-state index < -0.39 is 0 Å². The predicted molar refractivity (Wildman–Crippen MR) is 79.2 cm³/mol. The number of amides is 2. The van der Waals surface area contributed by atoms with Gasteiger partial charge in [0.05, 0.1) is 6.61 Å². The molecule has 2 aliphatic rings. The molecule has 0 atom stereocenters. The molecule has 2 fully saturated rings. The van der Waals surface area contributed by atoms with Crippen molar-refractivity contribution in [1.82, 2.24) is 4.90 Å². The predicted octanol–water partition coefficient (Wildman–Crippen LogP) is 1.41. The monoisotopic (exact) mass is 288 g/mol. The average molecular weight is 288 g/mol. The zero-order valence-corrected chi connectivity index (χ0v) is 12.0. The van der Waals surface area contributed by atoms with Gasteiger partial charge in [0.1, 0.15) is 0 Å². The molecule has 1 N–H and O–H groups in total. The van der Waals surface area contributed by atoms with Gasteiger partial charge in [-0.25, -0.2) is 0 Å². The molecule has 1 aromatic rings. The van der Waals surface area contributed by atoms with Crippen LogP contribution in [0.3, 0.4) is 0 Å². The molecule has 112 valence electrons. The van der Waals surface area contributed by atoms with Crippen molar-refractivity contribution >= 4 is 17.5 Å². The van der Waals surface area contributed by atoms with Crippen LogP contribution in [0.5, 0.6) is 0 Å². The van der Waals surface area contributed by atoms with Crippen molar-refractivity contribution in [2.75, 3.05) is 24.6 Å². The first-order valence-electron chi connectivity index (χ1n) is 7.53. The zero-order chi connectivity index (χ0) is 14.8. The third-order valence-corrected chi connectivity index (χ3v) is 4.07. The van der Waals surface area contributed by atoms with Crippen molar-refractivity contribution in [2.24, 2.45) is 0 Å². The van der Waals surface area contributed by atoms with Gasteiger partial charge >= 0.3 is 0 Å². The van der Waals surface area contributed by atoms with Crippen LogP contribution >= 0.6 is 0 Å². The lowest BCUT2D eigenvalue weighted by Gasteiger charge is -2.22. The Hall–Kier alpha value is -1.88. The summed E-state index contributed by atoms with van der Waals surface area (Å²) in [4.78, 5) is 27.9. The van der Waals surface area contributed by atoms with Gasteiger partial charge in [-0.15, -0.1) is 0 Å². The van der Waals surface area contributed by atoms with E-state index >= 15 is 0 Å². The van der Waals surface area contributed by atoms with Crippen LogP contribution in [0.25, 0.3) is 0 Å². The van der Waals surface area contributed by atoms with Gasteiger partial charge in [0, 0.05) is 36.8 Å². The van der Waals surface area contributed by atoms with Gasteiger partial charge < -0.3 is 14.9 Å². The molecule has 5 heteroatoms. The van der Waals surface area contributed by atoms with Gasteiger partial charge in [-0.3, -0.25) is 9.59 Å². The van der Waals surface area contributed by atoms with Crippen molar-refractivity contribution in [2.45, 2.75) is 31.7 Å². The van der Waals surface area contributed by atoms with E-state index in [1.807, 2.05) is 12.1 Å². The summed E-state index contributed by atoms with van der Waals surface area (Å²) in [7, 11) is 0. The molecule has 3 rings (SSSR count). The topological polar surface area (TPSA) is 60.9 Å². The lowest BCUT2D eigenvalue weighted by atomic mass is 10.1. The SMILES string of the molecule is O=C1CCCN1c1cccc(C(=O)N(CCO)C2CC2)c1. The van der Waals surface area contributed by atoms with E-state index in [1.54, 1.807) is 21.9 Å². The largest absolute Gasteiger partial charge is 0.395 e. The highest BCUT2D eigenvalue weighted by Gasteiger charge is 2.33. The highest BCUT2D eigenvalue weighted by molar-refractivity contribution is 5.99. The van der Waals surface area contributed by atoms with Crippen LogP contribution in [-0.4, -0.2) is 47.6 Å². The van der Waals surface area contributed by atoms with Gasteiger partial charge in [-0.1, -0.05) is 6.07 Å². The van der Waals surface area contributed by atoms with E-state index in [1.165, 1.54) is 0 Å². The summed E-state index contributed by atoms with van der Waals surface area (Å²) in [6.07, 6.45) is 3.47. The molecule has 1 aliphatic heterocycles. The first-order valence-corrected chi connectivity index (χ1v) is 7.53. The average Bonchev–Trinajstić information content (AvgIpc) is 3.25. The smallest absolute Gasteiger partial charge is 0.254 e. The van der Waals surface area contributed by atoms with E-state index in [9.17, 15) is 9.59 Å². The number of benzene rings is 1. The van der Waals surface area contributed by atoms with Crippen LogP contribution < -0.4 is 4.90 Å². The second-order valence-corrected chi connectivity index (χ2v) is 5.65. The summed E-state index contributed by atoms with van der Waals surface area (Å²) >= 11 is 0. The number of carbonyl (C=O) groups excluding carboxylic acids is 2. The number of aliphatic hydroxyl groups is 1. The van der Waals surface area contributed by atoms with Crippen molar-refractivity contribution in [3.05, 3.63) is 29.8 Å². The van der Waals surface area contributed by atoms with E-state index in [-0.39, 0.29) is 24.5 Å². The molecule has 0 bridgehead atoms. The fourth-order valence-corrected chi connectivity index (χ4v) is 2.84. The van der Waals surface area contributed by atoms with Crippen LogP contribution in [0.1, 0.15) is 36.0 Å². The third kappa shape index (κ3) is 2.93. The van der Waals surface area contributed by atoms with Gasteiger partial charge in [0.15, 0.2) is 0 Å². The minimum Gasteiger partial charge on any atom is -0.395 e. The Morgan fingerprint density at radius 3 is 2.81 bits per heavy atom. The molecule has 21 heavy (non-hydrogen) atoms. The lowest BCUT2D eigenvalue weighted by molar-refractivity contribution is -0.117. The summed E-state index contributed by atoms with van der Waals surface area (Å²) in [5, 5.41) is 9.12. The van der Waals surface area contributed by atoms with Gasteiger partial charge in [0.2, 0.25) is 5.91 Å². The molecule has 1 saturated heterocycles. The number of anilines is 1. The Labute approximate surface area is 124 Å². The Bertz CT molecular complexity index is 554. The molecule has 1 heterocycles. The number of nitrogens with zero attached hydrogens (tertiary/aromatic N) is 2. The van der Waals surface area contributed by atoms with Crippen LogP contribution in [0, 0.1) is 0 Å². The molecule has 0 unspecified atom stereocenters. The Kier molecular flexibility index (Phi) is 3.92. The zero-order valence-electron chi connectivity index (χ0n) is 12.0. The minimum absolute atomic E-state index is 0.0213. The Balaban J connectivity index is 1.81. The summed E-state index contributed by atoms with van der Waals surface area (Å²) < 4.78 is 0. The highest BCUT2D eigenvalue weighted by Crippen LogP contribution is 2.29. The number of carbonyl (C=O) groups is 2. The third-order valence-electron chi connectivity index (χ3n) is 4.07. The van der Waals surface area contributed by atoms with Gasteiger partial charge in [-0.2, -0.15) is 0 Å². The molecule has 0 radical (unpaired) electrons. The Morgan fingerprint density at radius 1 is 1.38 bits per heavy atom. The maximum atomic E-state index is 12.6. The quantitative estimate of drug-likeness (QED) is 0.891. The van der Waals surface area contributed by atoms with Crippen molar-refractivity contribution in [3.8, 4) is 0 Å². The van der Waals surface area contributed by atoms with E-state index in [0.29, 0.717) is 18.5 Å². The maximum Gasteiger partial charge on any atom is 0.254 e. The van der Waals surface area contributed by atoms with Crippen molar-refractivity contribution in [3.63, 3.8) is 0 Å². The summed E-state index contributed by atoms with van der Waals surface area (Å²) in [6.45, 7) is 1.07. The van der Waals surface area contributed by atoms with Crippen LogP contribution in [0.4, 0.5) is 5.69 Å². The molecule has 1 aliphatic carbocycles. The number of hydrogen-bond acceptors (Lipinski definition) is 3. The first-order chi connectivity index (χ1) is 10.2. The summed E-state index contributed by atoms with van der Waals surface area (Å²) in [5.41, 5.74) is 1.38. The van der Waals surface area contributed by atoms with Gasteiger partial charge in [-0.05, 0) is 37.5 Å². The second kappa shape index (κ2) is 5.85. The number of hydrogen-bond donors (Lipinski definition) is 1. The van der Waals surface area contributed by atoms with E-state index in [4.69, 9.17) is 5.11 Å². The molecular formula is C16H20N2O3. The standard InChI is InChI=1S/C16H20N2O3/c19-10-9-18(13-6-7-13)16(21)12-3-1-4-14(11-12)17-8-2-5-15(17)20/h1,3-4,11,13,19H,2,5-10H2. The second-order valence-electron chi connectivity index (χ2n) is 5.65. The summed E-state index contributed by atoms with van der Waals surface area (Å²) in [6, 6.07) is 7.52. The van der Waals surface area contributed by atoms with E-state index in [2.05, 4.69) is 0 Å². The van der Waals surface area contributed by atoms with Crippen LogP contribution in [0.2, 0.25) is 0 Å². The molecule has 0 spiro atoms. The fraction of sp³-hybridized carbons (Fsp3) is 0.500. The summed E-state index contributed by atoms with van der Waals surface area (Å²) in [5.74, 6) is 0.0639. The molecule has 1 aromatic carbocycles. The number of aliphatic hydroxyl groups excluding tert-OH is 1. The molecule has 2 amide bonds. The van der Waals surface area contributed by atoms with Gasteiger partial charge in [0.25, 0.3) is 5.91 Å². The molecular weight excluding hydrogens is 268 g/mol. The lowest BCUT2D eigenvalue weighted by Crippen LogP contribution is -2.35. The molecule has 5 nitrogen and oxygen atoms in total. The Morgan fingerprint density at radius 2 is 2.19 bits per heavy atom. The number of rotatable bonds is 5. The highest BCUT2D eigenvalue weighted by atomic mass is 16.3. The minimum atomic E-state index is -0.0555. The van der Waals surface area contributed by atoms with Crippen molar-refractivity contribution < 1.29 is 14.7 Å². The molecule has 0 aromatic heterocycles.